The van der Waals surface area contributed by atoms with Gasteiger partial charge in [-0.1, -0.05) is 32.4 Å². The quantitative estimate of drug-likeness (QED) is 0.338. The van der Waals surface area contributed by atoms with Crippen molar-refractivity contribution in [2.24, 2.45) is 4.99 Å². The number of aliphatic hydroxyl groups excluding tert-OH is 1. The van der Waals surface area contributed by atoms with Crippen LogP contribution in [0.3, 0.4) is 0 Å². The van der Waals surface area contributed by atoms with E-state index in [1.807, 2.05) is 13.8 Å². The third-order valence-corrected chi connectivity index (χ3v) is 6.62. The molecule has 0 aromatic carbocycles. The minimum atomic E-state index is -0.415. The van der Waals surface area contributed by atoms with Crippen LogP contribution >= 0.6 is 22.9 Å². The largest absolute Gasteiger partial charge is 0.400 e. The summed E-state index contributed by atoms with van der Waals surface area (Å²) in [5.41, 5.74) is 2.14. The van der Waals surface area contributed by atoms with Crippen LogP contribution in [0, 0.1) is 0 Å². The molecular weight excluding hydrogens is 450 g/mol. The zero-order valence-electron chi connectivity index (χ0n) is 19.3. The summed E-state index contributed by atoms with van der Waals surface area (Å²) in [5.74, 6) is 0.767. The Balaban J connectivity index is 0.00000176. The van der Waals surface area contributed by atoms with Crippen LogP contribution in [0.1, 0.15) is 68.6 Å². The molecular formula is C22H30ClN5O3S. The van der Waals surface area contributed by atoms with Gasteiger partial charge < -0.3 is 10.0 Å². The van der Waals surface area contributed by atoms with Gasteiger partial charge in [0, 0.05) is 26.1 Å². The number of carbonyl (C=O) groups excluding carboxylic acids is 2. The number of aliphatic imine (C=N–C) groups is 1. The highest BCUT2D eigenvalue weighted by molar-refractivity contribution is 7.20. The van der Waals surface area contributed by atoms with E-state index < -0.39 is 5.91 Å². The molecule has 0 saturated heterocycles. The fourth-order valence-electron chi connectivity index (χ4n) is 3.49. The van der Waals surface area contributed by atoms with Crippen molar-refractivity contribution in [3.8, 4) is 0 Å². The smallest absolute Gasteiger partial charge is 0.272 e. The summed E-state index contributed by atoms with van der Waals surface area (Å²) in [6, 6.07) is 0. The number of nitrogens with one attached hydrogen (secondary N) is 1. The molecule has 2 aromatic rings. The van der Waals surface area contributed by atoms with Gasteiger partial charge in [-0.2, -0.15) is 4.98 Å². The van der Waals surface area contributed by atoms with Crippen molar-refractivity contribution in [1.82, 2.24) is 9.97 Å². The monoisotopic (exact) mass is 479 g/mol. The topological polar surface area (TPSA) is 108 Å². The first kappa shape index (κ1) is 25.9. The minimum absolute atomic E-state index is 0.199. The Morgan fingerprint density at radius 2 is 2.03 bits per heavy atom. The number of nitrogens with zero attached hydrogens (tertiary/aromatic N) is 4. The first-order chi connectivity index (χ1) is 15.3. The highest BCUT2D eigenvalue weighted by Crippen LogP contribution is 2.43. The molecule has 8 nitrogen and oxygen atoms in total. The Kier molecular flexibility index (Phi) is 9.30. The lowest BCUT2D eigenvalue weighted by Crippen LogP contribution is -2.33. The van der Waals surface area contributed by atoms with E-state index in [2.05, 4.69) is 39.0 Å². The van der Waals surface area contributed by atoms with Crippen molar-refractivity contribution in [2.45, 2.75) is 53.4 Å². The van der Waals surface area contributed by atoms with Crippen molar-refractivity contribution in [3.63, 3.8) is 0 Å². The van der Waals surface area contributed by atoms with E-state index in [-0.39, 0.29) is 17.6 Å². The molecule has 0 spiro atoms. The van der Waals surface area contributed by atoms with Crippen molar-refractivity contribution in [3.05, 3.63) is 21.2 Å². The molecule has 1 aliphatic rings. The maximum Gasteiger partial charge on any atom is 0.272 e. The zero-order chi connectivity index (χ0) is 24.0. The summed E-state index contributed by atoms with van der Waals surface area (Å²) < 4.78 is 0. The first-order valence-corrected chi connectivity index (χ1v) is 11.7. The van der Waals surface area contributed by atoms with Crippen LogP contribution in [0.5, 0.6) is 0 Å². The third-order valence-electron chi connectivity index (χ3n) is 5.19. The lowest BCUT2D eigenvalue weighted by molar-refractivity contribution is -0.110. The summed E-state index contributed by atoms with van der Waals surface area (Å²) in [7, 11) is 1.00. The number of aliphatic hydroxyl groups is 1. The van der Waals surface area contributed by atoms with Crippen LogP contribution in [0.2, 0.25) is 0 Å². The van der Waals surface area contributed by atoms with Crippen LogP contribution in [-0.2, 0) is 4.79 Å². The van der Waals surface area contributed by atoms with Crippen molar-refractivity contribution >= 4 is 62.8 Å². The van der Waals surface area contributed by atoms with Gasteiger partial charge in [-0.25, -0.2) is 9.98 Å². The molecule has 3 heterocycles. The fourth-order valence-corrected chi connectivity index (χ4v) is 4.85. The normalized spacial score (nSPS) is 16.3. The molecule has 0 radical (unpaired) electrons. The molecule has 1 unspecified atom stereocenters. The molecule has 0 saturated carbocycles. The summed E-state index contributed by atoms with van der Waals surface area (Å²) in [4.78, 5) is 41.2. The maximum absolute atomic E-state index is 12.6. The van der Waals surface area contributed by atoms with Gasteiger partial charge in [0.1, 0.15) is 21.5 Å². The van der Waals surface area contributed by atoms with Crippen LogP contribution in [0.15, 0.2) is 15.7 Å². The molecule has 2 N–H and O–H groups in total. The number of anilines is 2. The molecule has 10 heteroatoms. The number of thiophene rings is 1. The summed E-state index contributed by atoms with van der Waals surface area (Å²) in [5, 5.41) is 11.0. The van der Waals surface area contributed by atoms with E-state index in [1.54, 1.807) is 6.92 Å². The second kappa shape index (κ2) is 11.5. The van der Waals surface area contributed by atoms with Gasteiger partial charge in [0.25, 0.3) is 5.91 Å². The lowest BCUT2D eigenvalue weighted by atomic mass is 9.94. The number of allylic oxidation sites excluding steroid dienone is 1. The second-order valence-corrected chi connectivity index (χ2v) is 8.86. The second-order valence-electron chi connectivity index (χ2n) is 7.47. The Bertz CT molecular complexity index is 1060. The van der Waals surface area contributed by atoms with Gasteiger partial charge in [0.05, 0.1) is 10.3 Å². The lowest BCUT2D eigenvalue weighted by Gasteiger charge is -2.32. The molecule has 2 aromatic heterocycles. The predicted octanol–water partition coefficient (Wildman–Crippen LogP) is 4.73. The van der Waals surface area contributed by atoms with Gasteiger partial charge in [-0.15, -0.1) is 11.3 Å². The number of aldehydes is 1. The van der Waals surface area contributed by atoms with Crippen LogP contribution in [0.4, 0.5) is 11.8 Å². The van der Waals surface area contributed by atoms with Gasteiger partial charge in [0.2, 0.25) is 5.95 Å². The minimum Gasteiger partial charge on any atom is -0.400 e. The van der Waals surface area contributed by atoms with Gasteiger partial charge in [-0.05, 0) is 37.8 Å². The zero-order valence-corrected chi connectivity index (χ0v) is 20.9. The number of hydrogen-bond donors (Lipinski definition) is 2. The van der Waals surface area contributed by atoms with E-state index in [0.29, 0.717) is 14.9 Å². The van der Waals surface area contributed by atoms with E-state index in [1.165, 1.54) is 11.3 Å². The summed E-state index contributed by atoms with van der Waals surface area (Å²) in [6.07, 6.45) is 2.61. The SMILES string of the molecule is CCCN1CC(C)c2c(C=O)sc3nc(NC(=O)/C(C)=N/C(Cl)=C(\C)CC)nc1c23.CO. The maximum atomic E-state index is 12.6. The number of amides is 1. The number of hydrogen-bond acceptors (Lipinski definition) is 8. The van der Waals surface area contributed by atoms with Gasteiger partial charge >= 0.3 is 0 Å². The standard InChI is InChI=1S/C21H26ClN5O2S.CH4O/c1-6-8-27-9-12(4)15-14(10-28)30-20-16(15)18(27)24-21(26-20)25-19(29)13(5)23-17(22)11(3)7-2;1-2/h10,12H,6-9H2,1-5H3,(H,24,25,26,29);2H,1H3/b17-11+,23-13+;. The molecule has 1 amide bonds. The Labute approximate surface area is 197 Å². The van der Waals surface area contributed by atoms with E-state index in [0.717, 1.165) is 61.7 Å². The first-order valence-electron chi connectivity index (χ1n) is 10.5. The average Bonchev–Trinajstić information content (AvgIpc) is 3.17. The highest BCUT2D eigenvalue weighted by atomic mass is 35.5. The third kappa shape index (κ3) is 5.33. The van der Waals surface area contributed by atoms with Crippen LogP contribution < -0.4 is 10.2 Å². The van der Waals surface area contributed by atoms with E-state index in [4.69, 9.17) is 16.7 Å². The summed E-state index contributed by atoms with van der Waals surface area (Å²) in [6.45, 7) is 11.3. The number of aromatic nitrogens is 2. The van der Waals surface area contributed by atoms with E-state index >= 15 is 0 Å². The van der Waals surface area contributed by atoms with Crippen molar-refractivity contribution in [1.29, 1.82) is 0 Å². The molecule has 1 atom stereocenters. The molecule has 0 fully saturated rings. The van der Waals surface area contributed by atoms with Crippen molar-refractivity contribution < 1.29 is 14.7 Å². The number of carbonyl (C=O) groups is 2. The molecule has 0 bridgehead atoms. The Morgan fingerprint density at radius 3 is 2.62 bits per heavy atom. The predicted molar refractivity (Wildman–Crippen MR) is 132 cm³/mol. The number of halogens is 1. The molecule has 0 aliphatic carbocycles. The molecule has 32 heavy (non-hydrogen) atoms. The average molecular weight is 480 g/mol. The van der Waals surface area contributed by atoms with Crippen LogP contribution in [0.25, 0.3) is 10.2 Å². The van der Waals surface area contributed by atoms with Crippen LogP contribution in [-0.4, -0.2) is 53.2 Å². The Hall–Kier alpha value is -2.36. The molecule has 1 aliphatic heterocycles. The fraction of sp³-hybridized carbons (Fsp3) is 0.500. The Morgan fingerprint density at radius 1 is 1.34 bits per heavy atom. The van der Waals surface area contributed by atoms with Gasteiger partial charge in [0.15, 0.2) is 6.29 Å². The van der Waals surface area contributed by atoms with E-state index in [9.17, 15) is 9.59 Å². The van der Waals surface area contributed by atoms with Gasteiger partial charge in [-0.3, -0.25) is 14.9 Å². The number of rotatable bonds is 7. The molecule has 3 rings (SSSR count). The highest BCUT2D eigenvalue weighted by Gasteiger charge is 2.31. The summed E-state index contributed by atoms with van der Waals surface area (Å²) >= 11 is 7.49. The van der Waals surface area contributed by atoms with Crippen molar-refractivity contribution in [2.75, 3.05) is 30.4 Å². The molecule has 174 valence electrons.